The highest BCUT2D eigenvalue weighted by molar-refractivity contribution is 5.83. The summed E-state index contributed by atoms with van der Waals surface area (Å²) in [7, 11) is 0. The number of hydrogen-bond acceptors (Lipinski definition) is 3. The SMILES string of the molecule is Cc1ccc(C[C@@H](N)C(=O)N2CCNC(Cc3ccc4ccccc4c3)C2)cc1. The van der Waals surface area contributed by atoms with Crippen molar-refractivity contribution in [3.05, 3.63) is 83.4 Å². The number of hydrogen-bond donors (Lipinski definition) is 2. The van der Waals surface area contributed by atoms with E-state index >= 15 is 0 Å². The molecule has 3 N–H and O–H groups in total. The van der Waals surface area contributed by atoms with Gasteiger partial charge in [0.1, 0.15) is 0 Å². The minimum atomic E-state index is -0.489. The average Bonchev–Trinajstić information content (AvgIpc) is 2.75. The quantitative estimate of drug-likeness (QED) is 0.707. The number of carbonyl (C=O) groups is 1. The third-order valence-corrected chi connectivity index (χ3v) is 5.76. The molecular weight excluding hydrogens is 358 g/mol. The van der Waals surface area contributed by atoms with E-state index in [4.69, 9.17) is 5.73 Å². The van der Waals surface area contributed by atoms with E-state index in [0.29, 0.717) is 19.5 Å². The Morgan fingerprint density at radius 1 is 1.07 bits per heavy atom. The van der Waals surface area contributed by atoms with E-state index in [2.05, 4.69) is 79.0 Å². The van der Waals surface area contributed by atoms with Crippen molar-refractivity contribution in [3.8, 4) is 0 Å². The Morgan fingerprint density at radius 3 is 2.59 bits per heavy atom. The predicted octanol–water partition coefficient (Wildman–Crippen LogP) is 3.06. The summed E-state index contributed by atoms with van der Waals surface area (Å²) in [5.41, 5.74) is 9.88. The van der Waals surface area contributed by atoms with Gasteiger partial charge in [0, 0.05) is 25.7 Å². The summed E-state index contributed by atoms with van der Waals surface area (Å²) in [6.07, 6.45) is 1.49. The second-order valence-electron chi connectivity index (χ2n) is 8.12. The smallest absolute Gasteiger partial charge is 0.239 e. The van der Waals surface area contributed by atoms with Crippen LogP contribution >= 0.6 is 0 Å². The molecule has 3 aromatic rings. The molecule has 150 valence electrons. The van der Waals surface area contributed by atoms with Gasteiger partial charge in [-0.15, -0.1) is 0 Å². The van der Waals surface area contributed by atoms with E-state index in [1.54, 1.807) is 0 Å². The number of amides is 1. The molecule has 2 atom stereocenters. The molecule has 0 saturated carbocycles. The van der Waals surface area contributed by atoms with Gasteiger partial charge in [-0.05, 0) is 41.7 Å². The lowest BCUT2D eigenvalue weighted by Gasteiger charge is -2.35. The van der Waals surface area contributed by atoms with Crippen LogP contribution in [0, 0.1) is 6.92 Å². The summed E-state index contributed by atoms with van der Waals surface area (Å²) in [6.45, 7) is 4.29. The van der Waals surface area contributed by atoms with Gasteiger partial charge in [0.15, 0.2) is 0 Å². The lowest BCUT2D eigenvalue weighted by atomic mass is 9.99. The van der Waals surface area contributed by atoms with E-state index in [1.165, 1.54) is 21.9 Å². The fourth-order valence-corrected chi connectivity index (χ4v) is 4.11. The molecular formula is C25H29N3O. The standard InChI is InChI=1S/C25H29N3O/c1-18-6-8-19(9-7-18)16-24(26)25(29)28-13-12-27-23(17-28)15-20-10-11-21-4-2-3-5-22(21)14-20/h2-11,14,23-24,27H,12-13,15-17,26H2,1H3/t23?,24-/m1/s1. The number of nitrogens with zero attached hydrogens (tertiary/aromatic N) is 1. The van der Waals surface area contributed by atoms with E-state index in [0.717, 1.165) is 18.5 Å². The van der Waals surface area contributed by atoms with Gasteiger partial charge >= 0.3 is 0 Å². The Kier molecular flexibility index (Phi) is 5.93. The van der Waals surface area contributed by atoms with Crippen molar-refractivity contribution in [2.24, 2.45) is 5.73 Å². The van der Waals surface area contributed by atoms with E-state index in [1.807, 2.05) is 4.90 Å². The molecule has 0 radical (unpaired) electrons. The molecule has 0 aliphatic carbocycles. The number of nitrogens with one attached hydrogen (secondary N) is 1. The first-order valence-electron chi connectivity index (χ1n) is 10.4. The molecule has 1 amide bonds. The topological polar surface area (TPSA) is 58.4 Å². The van der Waals surface area contributed by atoms with Crippen LogP contribution < -0.4 is 11.1 Å². The lowest BCUT2D eigenvalue weighted by Crippen LogP contribution is -2.57. The van der Waals surface area contributed by atoms with Crippen molar-refractivity contribution in [2.75, 3.05) is 19.6 Å². The zero-order valence-electron chi connectivity index (χ0n) is 17.0. The highest BCUT2D eigenvalue weighted by Crippen LogP contribution is 2.18. The largest absolute Gasteiger partial charge is 0.338 e. The Hall–Kier alpha value is -2.69. The molecule has 0 aromatic heterocycles. The molecule has 0 bridgehead atoms. The number of fused-ring (bicyclic) bond motifs is 1. The highest BCUT2D eigenvalue weighted by Gasteiger charge is 2.27. The van der Waals surface area contributed by atoms with Gasteiger partial charge in [-0.25, -0.2) is 0 Å². The van der Waals surface area contributed by atoms with Gasteiger partial charge in [-0.2, -0.15) is 0 Å². The Bertz CT molecular complexity index is 983. The highest BCUT2D eigenvalue weighted by atomic mass is 16.2. The molecule has 4 heteroatoms. The fraction of sp³-hybridized carbons (Fsp3) is 0.320. The zero-order chi connectivity index (χ0) is 20.2. The minimum absolute atomic E-state index is 0.0515. The van der Waals surface area contributed by atoms with Crippen LogP contribution in [0.25, 0.3) is 10.8 Å². The molecule has 1 fully saturated rings. The van der Waals surface area contributed by atoms with Gasteiger partial charge in [0.25, 0.3) is 0 Å². The van der Waals surface area contributed by atoms with Gasteiger partial charge in [-0.3, -0.25) is 4.79 Å². The normalized spacial score (nSPS) is 18.0. The Morgan fingerprint density at radius 2 is 1.79 bits per heavy atom. The van der Waals surface area contributed by atoms with Gasteiger partial charge < -0.3 is 16.0 Å². The zero-order valence-corrected chi connectivity index (χ0v) is 17.0. The van der Waals surface area contributed by atoms with Crippen molar-refractivity contribution >= 4 is 16.7 Å². The van der Waals surface area contributed by atoms with Crippen molar-refractivity contribution in [3.63, 3.8) is 0 Å². The number of rotatable bonds is 5. The molecule has 1 heterocycles. The van der Waals surface area contributed by atoms with Crippen molar-refractivity contribution in [1.29, 1.82) is 0 Å². The summed E-state index contributed by atoms with van der Waals surface area (Å²) in [5, 5.41) is 6.08. The van der Waals surface area contributed by atoms with Gasteiger partial charge in [0.2, 0.25) is 5.91 Å². The average molecular weight is 388 g/mol. The number of nitrogens with two attached hydrogens (primary N) is 1. The maximum atomic E-state index is 12.9. The molecule has 4 rings (SSSR count). The van der Waals surface area contributed by atoms with E-state index in [9.17, 15) is 4.79 Å². The lowest BCUT2D eigenvalue weighted by molar-refractivity contribution is -0.133. The maximum absolute atomic E-state index is 12.9. The Balaban J connectivity index is 1.37. The Labute approximate surface area is 172 Å². The van der Waals surface area contributed by atoms with Crippen LogP contribution in [0.4, 0.5) is 0 Å². The first-order chi connectivity index (χ1) is 14.1. The molecule has 29 heavy (non-hydrogen) atoms. The van der Waals surface area contributed by atoms with Crippen LogP contribution in [0.15, 0.2) is 66.7 Å². The second kappa shape index (κ2) is 8.76. The van der Waals surface area contributed by atoms with Crippen molar-refractivity contribution in [2.45, 2.75) is 31.8 Å². The van der Waals surface area contributed by atoms with Gasteiger partial charge in [0.05, 0.1) is 6.04 Å². The molecule has 1 unspecified atom stereocenters. The first-order valence-corrected chi connectivity index (χ1v) is 10.4. The van der Waals surface area contributed by atoms with Gasteiger partial charge in [-0.1, -0.05) is 72.3 Å². The third kappa shape index (κ3) is 4.84. The molecule has 3 aromatic carbocycles. The molecule has 4 nitrogen and oxygen atoms in total. The van der Waals surface area contributed by atoms with Crippen LogP contribution in [0.3, 0.4) is 0 Å². The van der Waals surface area contributed by atoms with Crippen LogP contribution in [0.1, 0.15) is 16.7 Å². The predicted molar refractivity (Wildman–Crippen MR) is 119 cm³/mol. The van der Waals surface area contributed by atoms with E-state index < -0.39 is 6.04 Å². The molecule has 1 aliphatic heterocycles. The second-order valence-corrected chi connectivity index (χ2v) is 8.12. The third-order valence-electron chi connectivity index (χ3n) is 5.76. The molecule has 0 spiro atoms. The number of carbonyl (C=O) groups excluding carboxylic acids is 1. The summed E-state index contributed by atoms with van der Waals surface area (Å²) in [6, 6.07) is 23.0. The van der Waals surface area contributed by atoms with E-state index in [-0.39, 0.29) is 11.9 Å². The van der Waals surface area contributed by atoms with Crippen LogP contribution in [0.2, 0.25) is 0 Å². The van der Waals surface area contributed by atoms with Crippen molar-refractivity contribution < 1.29 is 4.79 Å². The monoisotopic (exact) mass is 387 g/mol. The summed E-state index contributed by atoms with van der Waals surface area (Å²) < 4.78 is 0. The summed E-state index contributed by atoms with van der Waals surface area (Å²) in [5.74, 6) is 0.0515. The van der Waals surface area contributed by atoms with Crippen LogP contribution in [-0.4, -0.2) is 42.5 Å². The maximum Gasteiger partial charge on any atom is 0.239 e. The van der Waals surface area contributed by atoms with Crippen LogP contribution in [-0.2, 0) is 17.6 Å². The fourth-order valence-electron chi connectivity index (χ4n) is 4.11. The minimum Gasteiger partial charge on any atom is -0.338 e. The molecule has 1 aliphatic rings. The van der Waals surface area contributed by atoms with Crippen LogP contribution in [0.5, 0.6) is 0 Å². The number of benzene rings is 3. The first kappa shape index (κ1) is 19.6. The van der Waals surface area contributed by atoms with Crippen molar-refractivity contribution in [1.82, 2.24) is 10.2 Å². The number of aryl methyl sites for hydroxylation is 1. The summed E-state index contributed by atoms with van der Waals surface area (Å²) >= 11 is 0. The molecule has 1 saturated heterocycles. The summed E-state index contributed by atoms with van der Waals surface area (Å²) in [4.78, 5) is 14.8. The number of piperazine rings is 1.